The van der Waals surface area contributed by atoms with Crippen molar-refractivity contribution in [3.8, 4) is 0 Å². The van der Waals surface area contributed by atoms with Crippen LogP contribution in [0.5, 0.6) is 0 Å². The summed E-state index contributed by atoms with van der Waals surface area (Å²) in [7, 11) is 0. The van der Waals surface area contributed by atoms with E-state index in [4.69, 9.17) is 5.73 Å². The minimum Gasteiger partial charge on any atom is -0.350 e. The second-order valence-corrected chi connectivity index (χ2v) is 4.85. The third-order valence-corrected chi connectivity index (χ3v) is 3.46. The first kappa shape index (κ1) is 13.8. The minimum absolute atomic E-state index is 0. The number of carbonyl (C=O) groups is 1. The van der Waals surface area contributed by atoms with E-state index >= 15 is 0 Å². The molecule has 0 radical (unpaired) electrons. The van der Waals surface area contributed by atoms with Gasteiger partial charge < -0.3 is 11.1 Å². The predicted molar refractivity (Wildman–Crippen MR) is 76.4 cm³/mol. The van der Waals surface area contributed by atoms with E-state index in [1.807, 2.05) is 12.1 Å². The molecule has 2 aromatic rings. The van der Waals surface area contributed by atoms with Gasteiger partial charge in [-0.2, -0.15) is 5.10 Å². The number of nitrogens with one attached hydrogen (secondary N) is 2. The highest BCUT2D eigenvalue weighted by Crippen LogP contribution is 2.31. The summed E-state index contributed by atoms with van der Waals surface area (Å²) in [4.78, 5) is 12.1. The van der Waals surface area contributed by atoms with Crippen LogP contribution in [0.15, 0.2) is 24.4 Å². The zero-order valence-electron chi connectivity index (χ0n) is 10.4. The molecule has 19 heavy (non-hydrogen) atoms. The third kappa shape index (κ3) is 2.88. The molecule has 1 aromatic heterocycles. The van der Waals surface area contributed by atoms with Crippen molar-refractivity contribution in [3.05, 3.63) is 30.0 Å². The summed E-state index contributed by atoms with van der Waals surface area (Å²) >= 11 is 0. The number of fused-ring (bicyclic) bond motifs is 1. The molecule has 1 unspecified atom stereocenters. The van der Waals surface area contributed by atoms with Crippen molar-refractivity contribution in [1.29, 1.82) is 0 Å². The number of halogens is 1. The first-order valence-corrected chi connectivity index (χ1v) is 6.21. The zero-order valence-corrected chi connectivity index (χ0v) is 11.2. The van der Waals surface area contributed by atoms with E-state index in [1.165, 1.54) is 12.8 Å². The Hall–Kier alpha value is -1.59. The van der Waals surface area contributed by atoms with Crippen molar-refractivity contribution in [3.63, 3.8) is 0 Å². The molecule has 1 aliphatic rings. The van der Waals surface area contributed by atoms with Crippen LogP contribution in [0.3, 0.4) is 0 Å². The molecule has 6 heteroatoms. The highest BCUT2D eigenvalue weighted by atomic mass is 35.5. The van der Waals surface area contributed by atoms with Crippen molar-refractivity contribution in [2.24, 2.45) is 11.7 Å². The first-order valence-electron chi connectivity index (χ1n) is 6.21. The van der Waals surface area contributed by atoms with Gasteiger partial charge in [-0.3, -0.25) is 9.89 Å². The standard InChI is InChI=1S/C13H16N4O.ClH/c14-11(8-4-5-8)7-15-13(18)9-2-1-3-12-10(9)6-16-17-12;/h1-3,6,8,11H,4-5,7,14H2,(H,15,18)(H,16,17);1H. The molecule has 1 amide bonds. The molecule has 1 aromatic carbocycles. The molecule has 1 saturated carbocycles. The number of amides is 1. The van der Waals surface area contributed by atoms with E-state index in [0.717, 1.165) is 10.9 Å². The van der Waals surface area contributed by atoms with Crippen LogP contribution >= 0.6 is 12.4 Å². The molecule has 0 aliphatic heterocycles. The fraction of sp³-hybridized carbons (Fsp3) is 0.385. The second kappa shape index (κ2) is 5.59. The Bertz CT molecular complexity index is 579. The number of H-pyrrole nitrogens is 1. The van der Waals surface area contributed by atoms with Gasteiger partial charge in [0.2, 0.25) is 0 Å². The Balaban J connectivity index is 0.00000133. The van der Waals surface area contributed by atoms with Gasteiger partial charge in [0.05, 0.1) is 17.3 Å². The van der Waals surface area contributed by atoms with Gasteiger partial charge in [0.25, 0.3) is 5.91 Å². The average molecular weight is 281 g/mol. The largest absolute Gasteiger partial charge is 0.350 e. The Kier molecular flexibility index (Phi) is 4.07. The lowest BCUT2D eigenvalue weighted by molar-refractivity contribution is 0.0952. The third-order valence-electron chi connectivity index (χ3n) is 3.46. The van der Waals surface area contributed by atoms with Crippen molar-refractivity contribution in [2.45, 2.75) is 18.9 Å². The van der Waals surface area contributed by atoms with Crippen LogP contribution in [-0.2, 0) is 0 Å². The van der Waals surface area contributed by atoms with Gasteiger partial charge in [-0.15, -0.1) is 12.4 Å². The lowest BCUT2D eigenvalue weighted by atomic mass is 10.1. The van der Waals surface area contributed by atoms with Crippen LogP contribution in [0.1, 0.15) is 23.2 Å². The maximum Gasteiger partial charge on any atom is 0.252 e. The fourth-order valence-corrected chi connectivity index (χ4v) is 2.16. The number of hydrogen-bond donors (Lipinski definition) is 3. The van der Waals surface area contributed by atoms with Gasteiger partial charge >= 0.3 is 0 Å². The molecule has 1 fully saturated rings. The number of nitrogens with zero attached hydrogens (tertiary/aromatic N) is 1. The molecule has 3 rings (SSSR count). The summed E-state index contributed by atoms with van der Waals surface area (Å²) in [5, 5.41) is 10.5. The topological polar surface area (TPSA) is 83.8 Å². The monoisotopic (exact) mass is 280 g/mol. The molecular formula is C13H17ClN4O. The summed E-state index contributed by atoms with van der Waals surface area (Å²) < 4.78 is 0. The van der Waals surface area contributed by atoms with Crippen molar-refractivity contribution < 1.29 is 4.79 Å². The van der Waals surface area contributed by atoms with Crippen LogP contribution in [-0.4, -0.2) is 28.7 Å². The second-order valence-electron chi connectivity index (χ2n) is 4.85. The van der Waals surface area contributed by atoms with E-state index in [0.29, 0.717) is 18.0 Å². The van der Waals surface area contributed by atoms with Crippen LogP contribution in [0.2, 0.25) is 0 Å². The Morgan fingerprint density at radius 3 is 3.05 bits per heavy atom. The van der Waals surface area contributed by atoms with Gasteiger partial charge in [-0.25, -0.2) is 0 Å². The molecule has 5 nitrogen and oxygen atoms in total. The van der Waals surface area contributed by atoms with E-state index < -0.39 is 0 Å². The Morgan fingerprint density at radius 1 is 1.53 bits per heavy atom. The first-order chi connectivity index (χ1) is 8.75. The minimum atomic E-state index is -0.0851. The van der Waals surface area contributed by atoms with Gasteiger partial charge in [-0.1, -0.05) is 6.07 Å². The van der Waals surface area contributed by atoms with E-state index in [9.17, 15) is 4.79 Å². The molecular weight excluding hydrogens is 264 g/mol. The smallest absolute Gasteiger partial charge is 0.252 e. The lowest BCUT2D eigenvalue weighted by Crippen LogP contribution is -2.38. The maximum atomic E-state index is 12.1. The predicted octanol–water partition coefficient (Wildman–Crippen LogP) is 1.45. The number of nitrogens with two attached hydrogens (primary N) is 1. The molecule has 0 saturated heterocycles. The summed E-state index contributed by atoms with van der Waals surface area (Å²) in [5.74, 6) is 0.508. The van der Waals surface area contributed by atoms with E-state index in [-0.39, 0.29) is 24.4 Å². The fourth-order valence-electron chi connectivity index (χ4n) is 2.16. The number of benzene rings is 1. The maximum absolute atomic E-state index is 12.1. The number of hydrogen-bond acceptors (Lipinski definition) is 3. The van der Waals surface area contributed by atoms with Crippen LogP contribution in [0, 0.1) is 5.92 Å². The van der Waals surface area contributed by atoms with Gasteiger partial charge in [0.1, 0.15) is 0 Å². The summed E-state index contributed by atoms with van der Waals surface area (Å²) in [6, 6.07) is 5.62. The Labute approximate surface area is 117 Å². The molecule has 1 aliphatic carbocycles. The van der Waals surface area contributed by atoms with E-state index in [2.05, 4.69) is 15.5 Å². The van der Waals surface area contributed by atoms with Crippen molar-refractivity contribution in [2.75, 3.05) is 6.54 Å². The van der Waals surface area contributed by atoms with Crippen LogP contribution in [0.25, 0.3) is 10.9 Å². The summed E-state index contributed by atoms with van der Waals surface area (Å²) in [6.07, 6.45) is 4.05. The normalized spacial score (nSPS) is 15.8. The van der Waals surface area contributed by atoms with Gasteiger partial charge in [0, 0.05) is 18.0 Å². The quantitative estimate of drug-likeness (QED) is 0.793. The van der Waals surface area contributed by atoms with Crippen LogP contribution < -0.4 is 11.1 Å². The van der Waals surface area contributed by atoms with E-state index in [1.54, 1.807) is 12.3 Å². The molecule has 1 atom stereocenters. The highest BCUT2D eigenvalue weighted by molar-refractivity contribution is 6.06. The number of carbonyl (C=O) groups excluding carboxylic acids is 1. The number of rotatable bonds is 4. The number of aromatic amines is 1. The van der Waals surface area contributed by atoms with Crippen LogP contribution in [0.4, 0.5) is 0 Å². The highest BCUT2D eigenvalue weighted by Gasteiger charge is 2.28. The SMILES string of the molecule is Cl.NC(CNC(=O)c1cccc2[nH]ncc12)C1CC1. The number of aromatic nitrogens is 2. The van der Waals surface area contributed by atoms with Gasteiger partial charge in [0.15, 0.2) is 0 Å². The zero-order chi connectivity index (χ0) is 12.5. The summed E-state index contributed by atoms with van der Waals surface area (Å²) in [6.45, 7) is 0.539. The lowest BCUT2D eigenvalue weighted by Gasteiger charge is -2.11. The van der Waals surface area contributed by atoms with Crippen molar-refractivity contribution >= 4 is 29.2 Å². The molecule has 0 spiro atoms. The average Bonchev–Trinajstić information content (AvgIpc) is 3.12. The summed E-state index contributed by atoms with van der Waals surface area (Å²) in [5.41, 5.74) is 7.48. The van der Waals surface area contributed by atoms with Crippen molar-refractivity contribution in [1.82, 2.24) is 15.5 Å². The molecule has 1 heterocycles. The molecule has 4 N–H and O–H groups in total. The van der Waals surface area contributed by atoms with Gasteiger partial charge in [-0.05, 0) is 30.9 Å². The molecule has 0 bridgehead atoms. The Morgan fingerprint density at radius 2 is 2.32 bits per heavy atom. The molecule has 102 valence electrons.